The van der Waals surface area contributed by atoms with E-state index in [0.29, 0.717) is 12.0 Å². The zero-order valence-corrected chi connectivity index (χ0v) is 16.2. The van der Waals surface area contributed by atoms with Crippen molar-refractivity contribution < 1.29 is 5.11 Å². The second-order valence-electron chi connectivity index (χ2n) is 8.88. The molecule has 3 aliphatic rings. The summed E-state index contributed by atoms with van der Waals surface area (Å²) in [5.74, 6) is 2.48. The number of fused-ring (bicyclic) bond motifs is 1. The van der Waals surface area contributed by atoms with Gasteiger partial charge in [0.2, 0.25) is 5.95 Å². The van der Waals surface area contributed by atoms with Gasteiger partial charge in [0, 0.05) is 31.1 Å². The van der Waals surface area contributed by atoms with E-state index in [1.54, 1.807) is 0 Å². The molecule has 2 N–H and O–H groups in total. The summed E-state index contributed by atoms with van der Waals surface area (Å²) in [5, 5.41) is 13.8. The van der Waals surface area contributed by atoms with Crippen LogP contribution in [0.4, 0.5) is 11.8 Å². The molecule has 2 aliphatic carbocycles. The van der Waals surface area contributed by atoms with Crippen LogP contribution >= 0.6 is 0 Å². The Morgan fingerprint density at radius 1 is 1.07 bits per heavy atom. The second kappa shape index (κ2) is 6.20. The molecular formula is C22H28N4O. The fourth-order valence-corrected chi connectivity index (χ4v) is 3.81. The van der Waals surface area contributed by atoms with E-state index in [1.807, 2.05) is 13.8 Å². The average Bonchev–Trinajstić information content (AvgIpc) is 3.53. The van der Waals surface area contributed by atoms with Gasteiger partial charge in [0.05, 0.1) is 11.3 Å². The molecule has 5 nitrogen and oxygen atoms in total. The van der Waals surface area contributed by atoms with Crippen molar-refractivity contribution in [3.63, 3.8) is 0 Å². The molecule has 2 heterocycles. The van der Waals surface area contributed by atoms with Gasteiger partial charge in [0.25, 0.3) is 0 Å². The van der Waals surface area contributed by atoms with Gasteiger partial charge in [0.1, 0.15) is 5.82 Å². The molecule has 2 fully saturated rings. The fraction of sp³-hybridized carbons (Fsp3) is 0.545. The van der Waals surface area contributed by atoms with Crippen molar-refractivity contribution in [2.24, 2.45) is 0 Å². The van der Waals surface area contributed by atoms with Crippen molar-refractivity contribution in [1.82, 2.24) is 9.97 Å². The highest BCUT2D eigenvalue weighted by molar-refractivity contribution is 5.50. The van der Waals surface area contributed by atoms with Crippen molar-refractivity contribution >= 4 is 11.8 Å². The monoisotopic (exact) mass is 364 g/mol. The van der Waals surface area contributed by atoms with Gasteiger partial charge in [-0.1, -0.05) is 18.2 Å². The third-order valence-electron chi connectivity index (χ3n) is 5.89. The Balaban J connectivity index is 1.41. The average molecular weight is 364 g/mol. The first-order valence-corrected chi connectivity index (χ1v) is 10.2. The molecule has 1 aromatic heterocycles. The number of aliphatic hydroxyl groups is 1. The van der Waals surface area contributed by atoms with E-state index in [0.717, 1.165) is 36.8 Å². The molecular weight excluding hydrogens is 336 g/mol. The van der Waals surface area contributed by atoms with E-state index in [4.69, 9.17) is 9.97 Å². The maximum atomic E-state index is 10.3. The number of nitrogens with zero attached hydrogens (tertiary/aromatic N) is 3. The van der Waals surface area contributed by atoms with E-state index in [9.17, 15) is 5.11 Å². The normalized spacial score (nSPS) is 19.7. The summed E-state index contributed by atoms with van der Waals surface area (Å²) in [7, 11) is 0. The van der Waals surface area contributed by atoms with Crippen molar-refractivity contribution in [1.29, 1.82) is 0 Å². The lowest BCUT2D eigenvalue weighted by Crippen LogP contribution is -2.32. The molecule has 0 atom stereocenters. The van der Waals surface area contributed by atoms with Crippen LogP contribution in [0.2, 0.25) is 0 Å². The molecule has 0 spiro atoms. The lowest BCUT2D eigenvalue weighted by molar-refractivity contribution is 0.0785. The molecule has 2 saturated carbocycles. The first kappa shape index (κ1) is 17.0. The van der Waals surface area contributed by atoms with Crippen LogP contribution in [0.5, 0.6) is 0 Å². The molecule has 0 unspecified atom stereocenters. The van der Waals surface area contributed by atoms with Crippen LogP contribution < -0.4 is 10.2 Å². The summed E-state index contributed by atoms with van der Waals surface area (Å²) in [6, 6.07) is 9.16. The van der Waals surface area contributed by atoms with E-state index in [2.05, 4.69) is 34.5 Å². The van der Waals surface area contributed by atoms with E-state index in [1.165, 1.54) is 42.5 Å². The van der Waals surface area contributed by atoms with Gasteiger partial charge in [-0.05, 0) is 62.6 Å². The Morgan fingerprint density at radius 2 is 1.89 bits per heavy atom. The summed E-state index contributed by atoms with van der Waals surface area (Å²) in [4.78, 5) is 12.0. The third-order valence-corrected chi connectivity index (χ3v) is 5.89. The van der Waals surface area contributed by atoms with Gasteiger partial charge in [-0.15, -0.1) is 0 Å². The molecule has 0 radical (unpaired) electrons. The van der Waals surface area contributed by atoms with Crippen LogP contribution in [0, 0.1) is 0 Å². The zero-order chi connectivity index (χ0) is 18.6. The summed E-state index contributed by atoms with van der Waals surface area (Å²) in [6.45, 7) is 5.51. The number of benzene rings is 1. The molecule has 5 rings (SSSR count). The lowest BCUT2D eigenvalue weighted by Gasteiger charge is -2.31. The number of hydrogen-bond donors (Lipinski definition) is 2. The maximum Gasteiger partial charge on any atom is 0.225 e. The van der Waals surface area contributed by atoms with Crippen LogP contribution in [0.25, 0.3) is 0 Å². The molecule has 1 aromatic carbocycles. The summed E-state index contributed by atoms with van der Waals surface area (Å²) < 4.78 is 0. The molecule has 142 valence electrons. The van der Waals surface area contributed by atoms with E-state index < -0.39 is 5.60 Å². The highest BCUT2D eigenvalue weighted by Gasteiger charge is 2.29. The molecule has 1 aliphatic heterocycles. The van der Waals surface area contributed by atoms with Crippen LogP contribution in [0.1, 0.15) is 67.8 Å². The number of nitrogens with one attached hydrogen (secondary N) is 1. The second-order valence-corrected chi connectivity index (χ2v) is 8.88. The van der Waals surface area contributed by atoms with Crippen LogP contribution in [0.3, 0.4) is 0 Å². The number of hydrogen-bond acceptors (Lipinski definition) is 5. The Hall–Kier alpha value is -2.14. The quantitative estimate of drug-likeness (QED) is 0.847. The topological polar surface area (TPSA) is 61.3 Å². The summed E-state index contributed by atoms with van der Waals surface area (Å²) in [5.41, 5.74) is 4.08. The molecule has 2 aromatic rings. The van der Waals surface area contributed by atoms with Crippen molar-refractivity contribution in [3.8, 4) is 0 Å². The van der Waals surface area contributed by atoms with Gasteiger partial charge in [0.15, 0.2) is 0 Å². The number of rotatable bonds is 5. The molecule has 0 bridgehead atoms. The number of anilines is 2. The first-order valence-electron chi connectivity index (χ1n) is 10.2. The molecule has 0 saturated heterocycles. The minimum atomic E-state index is -0.790. The lowest BCUT2D eigenvalue weighted by atomic mass is 9.91. The standard InChI is InChI=1S/C22H28N4O/c1-22(2,27)17-6-5-16-13-26(10-9-15(16)11-17)20-12-19(14-3-4-14)24-21(25-20)23-18-7-8-18/h5-6,11-12,14,18,27H,3-4,7-10,13H2,1-2H3,(H,23,24,25). The molecule has 5 heteroatoms. The minimum Gasteiger partial charge on any atom is -0.386 e. The summed E-state index contributed by atoms with van der Waals surface area (Å²) >= 11 is 0. The van der Waals surface area contributed by atoms with Crippen LogP contribution in [-0.4, -0.2) is 27.7 Å². The van der Waals surface area contributed by atoms with Crippen molar-refractivity contribution in [3.05, 3.63) is 46.6 Å². The van der Waals surface area contributed by atoms with E-state index in [-0.39, 0.29) is 0 Å². The SMILES string of the molecule is CC(C)(O)c1ccc2c(c1)CCN(c1cc(C3CC3)nc(NC3CC3)n1)C2. The fourth-order valence-electron chi connectivity index (χ4n) is 3.81. The van der Waals surface area contributed by atoms with Gasteiger partial charge >= 0.3 is 0 Å². The van der Waals surface area contributed by atoms with Crippen molar-refractivity contribution in [2.45, 2.75) is 70.1 Å². The predicted octanol–water partition coefficient (Wildman–Crippen LogP) is 3.72. The maximum absolute atomic E-state index is 10.3. The van der Waals surface area contributed by atoms with Gasteiger partial charge in [-0.25, -0.2) is 4.98 Å². The zero-order valence-electron chi connectivity index (χ0n) is 16.2. The highest BCUT2D eigenvalue weighted by atomic mass is 16.3. The predicted molar refractivity (Wildman–Crippen MR) is 107 cm³/mol. The van der Waals surface area contributed by atoms with Gasteiger partial charge in [-0.2, -0.15) is 4.98 Å². The minimum absolute atomic E-state index is 0.564. The third kappa shape index (κ3) is 3.65. The Labute approximate surface area is 160 Å². The molecule has 27 heavy (non-hydrogen) atoms. The first-order chi connectivity index (χ1) is 13.0. The smallest absolute Gasteiger partial charge is 0.225 e. The van der Waals surface area contributed by atoms with Crippen LogP contribution in [-0.2, 0) is 18.6 Å². The van der Waals surface area contributed by atoms with Crippen LogP contribution in [0.15, 0.2) is 24.3 Å². The largest absolute Gasteiger partial charge is 0.386 e. The highest BCUT2D eigenvalue weighted by Crippen LogP contribution is 2.41. The Kier molecular flexibility index (Phi) is 3.90. The Morgan fingerprint density at radius 3 is 2.59 bits per heavy atom. The van der Waals surface area contributed by atoms with Crippen molar-refractivity contribution in [2.75, 3.05) is 16.8 Å². The van der Waals surface area contributed by atoms with Gasteiger partial charge in [-0.3, -0.25) is 0 Å². The molecule has 0 amide bonds. The van der Waals surface area contributed by atoms with E-state index >= 15 is 0 Å². The summed E-state index contributed by atoms with van der Waals surface area (Å²) in [6.07, 6.45) is 5.94. The number of aromatic nitrogens is 2. The Bertz CT molecular complexity index is 865. The van der Waals surface area contributed by atoms with Gasteiger partial charge < -0.3 is 15.3 Å².